The van der Waals surface area contributed by atoms with Crippen molar-refractivity contribution in [3.05, 3.63) is 36.5 Å². The second-order valence-electron chi connectivity index (χ2n) is 28.1. The summed E-state index contributed by atoms with van der Waals surface area (Å²) in [6, 6.07) is -0.539. The molecule has 2 unspecified atom stereocenters. The smallest absolute Gasteiger partial charge is 0.305 e. The fourth-order valence-corrected chi connectivity index (χ4v) is 13.0. The molecule has 0 aliphatic carbocycles. The number of unbranched alkanes of at least 4 members (excludes halogenated alkanes) is 60. The quantitative estimate of drug-likeness (QED) is 0.0320. The van der Waals surface area contributed by atoms with Crippen molar-refractivity contribution in [1.29, 1.82) is 0 Å². The largest absolute Gasteiger partial charge is 0.466 e. The van der Waals surface area contributed by atoms with Crippen LogP contribution in [0, 0.1) is 0 Å². The van der Waals surface area contributed by atoms with Gasteiger partial charge < -0.3 is 20.3 Å². The molecule has 0 aliphatic rings. The summed E-state index contributed by atoms with van der Waals surface area (Å²) in [5, 5.41) is 23.4. The molecule has 0 bridgehead atoms. The van der Waals surface area contributed by atoms with Gasteiger partial charge in [-0.2, -0.15) is 0 Å². The Hall–Kier alpha value is -1.92. The molecule has 89 heavy (non-hydrogen) atoms. The average molecular weight is 1250 g/mol. The zero-order valence-electron chi connectivity index (χ0n) is 60.4. The van der Waals surface area contributed by atoms with Crippen molar-refractivity contribution < 1.29 is 24.5 Å². The topological polar surface area (TPSA) is 95.9 Å². The highest BCUT2D eigenvalue weighted by Crippen LogP contribution is 2.20. The lowest BCUT2D eigenvalue weighted by atomic mass is 10.0. The Morgan fingerprint density at radius 3 is 0.865 bits per heavy atom. The number of amides is 1. The van der Waals surface area contributed by atoms with Gasteiger partial charge in [0.15, 0.2) is 0 Å². The monoisotopic (exact) mass is 1250 g/mol. The Labute approximate surface area is 557 Å². The number of hydrogen-bond acceptors (Lipinski definition) is 5. The van der Waals surface area contributed by atoms with Crippen LogP contribution < -0.4 is 5.32 Å². The Bertz CT molecular complexity index is 1440. The minimum absolute atomic E-state index is 0.0136. The highest BCUT2D eigenvalue weighted by atomic mass is 16.5. The molecule has 3 N–H and O–H groups in total. The molecule has 6 heteroatoms. The van der Waals surface area contributed by atoms with Crippen molar-refractivity contribution in [3.8, 4) is 0 Å². The summed E-state index contributed by atoms with van der Waals surface area (Å²) in [7, 11) is 0. The summed E-state index contributed by atoms with van der Waals surface area (Å²) in [6.07, 6.45) is 103. The van der Waals surface area contributed by atoms with Crippen LogP contribution in [0.5, 0.6) is 0 Å². The lowest BCUT2D eigenvalue weighted by Gasteiger charge is -2.22. The summed E-state index contributed by atoms with van der Waals surface area (Å²) < 4.78 is 5.50. The minimum Gasteiger partial charge on any atom is -0.466 e. The molecule has 0 aromatic carbocycles. The van der Waals surface area contributed by atoms with Crippen molar-refractivity contribution in [2.24, 2.45) is 0 Å². The van der Waals surface area contributed by atoms with Gasteiger partial charge in [-0.05, 0) is 83.5 Å². The molecule has 0 aromatic heterocycles. The predicted molar refractivity (Wildman–Crippen MR) is 393 cm³/mol. The third-order valence-electron chi connectivity index (χ3n) is 19.2. The third-order valence-corrected chi connectivity index (χ3v) is 19.2. The van der Waals surface area contributed by atoms with Gasteiger partial charge >= 0.3 is 5.97 Å². The van der Waals surface area contributed by atoms with Crippen LogP contribution in [0.1, 0.15) is 457 Å². The Morgan fingerprint density at radius 2 is 0.562 bits per heavy atom. The molecular formula is C83H159NO5. The number of esters is 1. The molecule has 0 saturated heterocycles. The van der Waals surface area contributed by atoms with Crippen molar-refractivity contribution in [3.63, 3.8) is 0 Å². The first-order valence-electron chi connectivity index (χ1n) is 40.7. The molecular weight excluding hydrogens is 1090 g/mol. The zero-order valence-corrected chi connectivity index (χ0v) is 60.4. The van der Waals surface area contributed by atoms with Crippen LogP contribution in [0.2, 0.25) is 0 Å². The fraction of sp³-hybridized carbons (Fsp3) is 0.904. The Kier molecular flexibility index (Phi) is 76.8. The van der Waals surface area contributed by atoms with Crippen LogP contribution in [0.4, 0.5) is 0 Å². The standard InChI is InChI=1S/C83H159NO5/c1-3-5-7-9-11-13-15-17-19-44-47-51-55-59-63-67-71-75-81(86)80(79-85)84-82(87)76-72-68-64-60-56-52-48-45-42-40-38-36-34-32-30-28-26-24-22-21-23-25-27-29-31-33-35-37-39-41-43-46-50-54-58-62-66-70-74-78-89-83(88)77-73-69-65-61-57-53-49-20-18-16-14-12-10-8-6-4-2/h20-22,25,27,49,80-81,85-86H,3-19,23-24,26,28-48,50-79H2,1-2H3,(H,84,87)/b22-21-,27-25-,49-20-. The van der Waals surface area contributed by atoms with Gasteiger partial charge in [-0.15, -0.1) is 0 Å². The predicted octanol–water partition coefficient (Wildman–Crippen LogP) is 27.0. The maximum atomic E-state index is 12.5. The summed E-state index contributed by atoms with van der Waals surface area (Å²) in [4.78, 5) is 24.6. The van der Waals surface area contributed by atoms with Gasteiger partial charge in [0, 0.05) is 12.8 Å². The van der Waals surface area contributed by atoms with Gasteiger partial charge in [-0.25, -0.2) is 0 Å². The number of rotatable bonds is 77. The van der Waals surface area contributed by atoms with Gasteiger partial charge in [0.1, 0.15) is 0 Å². The number of aliphatic hydroxyl groups is 2. The lowest BCUT2D eigenvalue weighted by molar-refractivity contribution is -0.143. The van der Waals surface area contributed by atoms with Crippen LogP contribution in [-0.4, -0.2) is 47.4 Å². The van der Waals surface area contributed by atoms with E-state index in [4.69, 9.17) is 4.74 Å². The number of nitrogens with one attached hydrogen (secondary N) is 1. The van der Waals surface area contributed by atoms with E-state index in [0.29, 0.717) is 25.9 Å². The summed E-state index contributed by atoms with van der Waals surface area (Å²) in [5.74, 6) is -0.0142. The van der Waals surface area contributed by atoms with Crippen LogP contribution in [-0.2, 0) is 14.3 Å². The molecule has 0 rings (SSSR count). The first-order valence-corrected chi connectivity index (χ1v) is 40.7. The first-order chi connectivity index (χ1) is 44.0. The maximum Gasteiger partial charge on any atom is 0.305 e. The number of ether oxygens (including phenoxy) is 1. The van der Waals surface area contributed by atoms with E-state index in [9.17, 15) is 19.8 Å². The number of hydrogen-bond donors (Lipinski definition) is 3. The highest BCUT2D eigenvalue weighted by Gasteiger charge is 2.20. The van der Waals surface area contributed by atoms with E-state index in [2.05, 4.69) is 55.6 Å². The third kappa shape index (κ3) is 75.0. The zero-order chi connectivity index (χ0) is 64.2. The molecule has 2 atom stereocenters. The van der Waals surface area contributed by atoms with E-state index in [1.54, 1.807) is 0 Å². The first kappa shape index (κ1) is 87.1. The molecule has 0 spiro atoms. The lowest BCUT2D eigenvalue weighted by Crippen LogP contribution is -2.45. The molecule has 0 saturated carbocycles. The van der Waals surface area contributed by atoms with Crippen LogP contribution >= 0.6 is 0 Å². The minimum atomic E-state index is -0.663. The SMILES string of the molecule is CCCCCCCCC/C=C\CCCCCCCC(=O)OCCCCCCCCCCCCCCCCC/C=C\C/C=C\CCCCCCCCCCCCCCCCCCCC(=O)NC(CO)C(O)CCCCCCCCCCCCCCCCCCC. The van der Waals surface area contributed by atoms with Crippen LogP contribution in [0.15, 0.2) is 36.5 Å². The molecule has 6 nitrogen and oxygen atoms in total. The number of aliphatic hydroxyl groups excluding tert-OH is 2. The Morgan fingerprint density at radius 1 is 0.315 bits per heavy atom. The van der Waals surface area contributed by atoms with Crippen molar-refractivity contribution in [2.45, 2.75) is 469 Å². The molecule has 526 valence electrons. The highest BCUT2D eigenvalue weighted by molar-refractivity contribution is 5.76. The van der Waals surface area contributed by atoms with Crippen molar-refractivity contribution in [2.75, 3.05) is 13.2 Å². The normalized spacial score (nSPS) is 12.6. The Balaban J connectivity index is 3.35. The van der Waals surface area contributed by atoms with Gasteiger partial charge in [0.05, 0.1) is 25.4 Å². The van der Waals surface area contributed by atoms with E-state index in [1.807, 2.05) is 0 Å². The van der Waals surface area contributed by atoms with Crippen LogP contribution in [0.25, 0.3) is 0 Å². The van der Waals surface area contributed by atoms with Gasteiger partial charge in [-0.3, -0.25) is 9.59 Å². The fourth-order valence-electron chi connectivity index (χ4n) is 13.0. The number of carbonyl (C=O) groups is 2. The molecule has 0 fully saturated rings. The van der Waals surface area contributed by atoms with Gasteiger partial charge in [0.25, 0.3) is 0 Å². The summed E-state index contributed by atoms with van der Waals surface area (Å²) >= 11 is 0. The summed E-state index contributed by atoms with van der Waals surface area (Å²) in [5.41, 5.74) is 0. The van der Waals surface area contributed by atoms with Crippen LogP contribution in [0.3, 0.4) is 0 Å². The average Bonchev–Trinajstić information content (AvgIpc) is 3.63. The van der Waals surface area contributed by atoms with E-state index < -0.39 is 12.1 Å². The van der Waals surface area contributed by atoms with E-state index in [0.717, 1.165) is 51.4 Å². The van der Waals surface area contributed by atoms with E-state index in [-0.39, 0.29) is 18.5 Å². The van der Waals surface area contributed by atoms with E-state index >= 15 is 0 Å². The second-order valence-corrected chi connectivity index (χ2v) is 28.1. The summed E-state index contributed by atoms with van der Waals surface area (Å²) in [6.45, 7) is 4.99. The van der Waals surface area contributed by atoms with E-state index in [1.165, 1.54) is 372 Å². The molecule has 0 aliphatic heterocycles. The van der Waals surface area contributed by atoms with Gasteiger partial charge in [-0.1, -0.05) is 397 Å². The molecule has 0 aromatic rings. The van der Waals surface area contributed by atoms with Crippen molar-refractivity contribution >= 4 is 11.9 Å². The molecule has 0 heterocycles. The maximum absolute atomic E-state index is 12.5. The number of carbonyl (C=O) groups excluding carboxylic acids is 2. The van der Waals surface area contributed by atoms with Gasteiger partial charge in [0.2, 0.25) is 5.91 Å². The molecule has 1 amide bonds. The number of allylic oxidation sites excluding steroid dienone is 6. The second kappa shape index (κ2) is 78.5. The molecule has 0 radical (unpaired) electrons. The van der Waals surface area contributed by atoms with Crippen molar-refractivity contribution in [1.82, 2.24) is 5.32 Å².